The molecule has 5 heteroatoms. The van der Waals surface area contributed by atoms with Gasteiger partial charge < -0.3 is 21.1 Å². The molecule has 0 aliphatic heterocycles. The minimum atomic E-state index is -0.314. The van der Waals surface area contributed by atoms with Crippen LogP contribution in [-0.2, 0) is 0 Å². The smallest absolute Gasteiger partial charge is 0.319 e. The van der Waals surface area contributed by atoms with Gasteiger partial charge in [0.2, 0.25) is 0 Å². The lowest BCUT2D eigenvalue weighted by Gasteiger charge is -2.16. The summed E-state index contributed by atoms with van der Waals surface area (Å²) in [7, 11) is 1.56. The van der Waals surface area contributed by atoms with Crippen LogP contribution >= 0.6 is 0 Å². The number of methoxy groups -OCH3 is 1. The lowest BCUT2D eigenvalue weighted by molar-refractivity contribution is 0.249. The van der Waals surface area contributed by atoms with E-state index < -0.39 is 0 Å². The Morgan fingerprint density at radius 3 is 2.57 bits per heavy atom. The predicted octanol–water partition coefficient (Wildman–Crippen LogP) is 3.16. The van der Waals surface area contributed by atoms with Crippen LogP contribution in [0.15, 0.2) is 48.5 Å². The fourth-order valence-electron chi connectivity index (χ4n) is 1.95. The molecular formula is C16H19N3O2. The van der Waals surface area contributed by atoms with E-state index in [1.165, 1.54) is 0 Å². The first-order chi connectivity index (χ1) is 10.1. The number of amides is 2. The van der Waals surface area contributed by atoms with Crippen LogP contribution in [0, 0.1) is 0 Å². The molecule has 21 heavy (non-hydrogen) atoms. The summed E-state index contributed by atoms with van der Waals surface area (Å²) < 4.78 is 5.11. The largest absolute Gasteiger partial charge is 0.497 e. The van der Waals surface area contributed by atoms with Crippen molar-refractivity contribution in [2.45, 2.75) is 13.0 Å². The van der Waals surface area contributed by atoms with Crippen LogP contribution in [0.3, 0.4) is 0 Å². The Morgan fingerprint density at radius 1 is 1.19 bits per heavy atom. The number of hydrogen-bond acceptors (Lipinski definition) is 3. The molecule has 5 nitrogen and oxygen atoms in total. The molecule has 0 bridgehead atoms. The maximum absolute atomic E-state index is 12.0. The van der Waals surface area contributed by atoms with Crippen molar-refractivity contribution in [1.82, 2.24) is 5.32 Å². The maximum atomic E-state index is 12.0. The van der Waals surface area contributed by atoms with E-state index >= 15 is 0 Å². The third kappa shape index (κ3) is 3.89. The number of nitrogen functional groups attached to an aromatic ring is 1. The molecule has 0 unspecified atom stereocenters. The molecule has 110 valence electrons. The molecule has 0 aromatic heterocycles. The summed E-state index contributed by atoms with van der Waals surface area (Å²) in [5.74, 6) is 0.635. The monoisotopic (exact) mass is 285 g/mol. The molecule has 0 heterocycles. The molecule has 0 saturated carbocycles. The zero-order valence-corrected chi connectivity index (χ0v) is 12.1. The highest BCUT2D eigenvalue weighted by Crippen LogP contribution is 2.24. The van der Waals surface area contributed by atoms with Crippen molar-refractivity contribution in [3.8, 4) is 5.75 Å². The van der Waals surface area contributed by atoms with Crippen molar-refractivity contribution in [3.05, 3.63) is 54.1 Å². The Morgan fingerprint density at radius 2 is 1.90 bits per heavy atom. The lowest BCUT2D eigenvalue weighted by Crippen LogP contribution is -2.31. The number of hydrogen-bond donors (Lipinski definition) is 3. The van der Waals surface area contributed by atoms with Crippen molar-refractivity contribution >= 4 is 17.4 Å². The number of urea groups is 1. The standard InChI is InChI=1S/C16H19N3O2/c1-11(12-6-4-3-5-7-12)18-16(20)19-15-10-13(21-2)8-9-14(15)17/h3-11H,17H2,1-2H3,(H2,18,19,20)/t11-/m0/s1. The van der Waals surface area contributed by atoms with Crippen molar-refractivity contribution in [2.24, 2.45) is 0 Å². The zero-order valence-electron chi connectivity index (χ0n) is 12.1. The second-order valence-corrected chi connectivity index (χ2v) is 4.68. The molecule has 4 N–H and O–H groups in total. The first kappa shape index (κ1) is 14.7. The first-order valence-corrected chi connectivity index (χ1v) is 6.66. The van der Waals surface area contributed by atoms with Gasteiger partial charge in [-0.3, -0.25) is 0 Å². The van der Waals surface area contributed by atoms with E-state index in [-0.39, 0.29) is 12.1 Å². The predicted molar refractivity (Wildman–Crippen MR) is 84.4 cm³/mol. The number of ether oxygens (including phenoxy) is 1. The maximum Gasteiger partial charge on any atom is 0.319 e. The van der Waals surface area contributed by atoms with Crippen molar-refractivity contribution in [2.75, 3.05) is 18.2 Å². The van der Waals surface area contributed by atoms with Gasteiger partial charge in [0.1, 0.15) is 5.75 Å². The minimum Gasteiger partial charge on any atom is -0.497 e. The number of carbonyl (C=O) groups is 1. The Hall–Kier alpha value is -2.69. The van der Waals surface area contributed by atoms with Gasteiger partial charge in [-0.25, -0.2) is 4.79 Å². The minimum absolute atomic E-state index is 0.0990. The molecule has 0 radical (unpaired) electrons. The van der Waals surface area contributed by atoms with Gasteiger partial charge in [-0.2, -0.15) is 0 Å². The third-order valence-electron chi connectivity index (χ3n) is 3.16. The molecule has 0 aliphatic carbocycles. The van der Waals surface area contributed by atoms with Gasteiger partial charge in [0.05, 0.1) is 24.5 Å². The van der Waals surface area contributed by atoms with Gasteiger partial charge in [-0.1, -0.05) is 30.3 Å². The molecular weight excluding hydrogens is 266 g/mol. The number of rotatable bonds is 4. The molecule has 0 saturated heterocycles. The van der Waals surface area contributed by atoms with E-state index in [0.29, 0.717) is 17.1 Å². The zero-order chi connectivity index (χ0) is 15.2. The van der Waals surface area contributed by atoms with Crippen molar-refractivity contribution in [3.63, 3.8) is 0 Å². The molecule has 2 aromatic rings. The normalized spacial score (nSPS) is 11.5. The molecule has 0 spiro atoms. The fraction of sp³-hybridized carbons (Fsp3) is 0.188. The average molecular weight is 285 g/mol. The van der Waals surface area contributed by atoms with Gasteiger partial charge in [-0.15, -0.1) is 0 Å². The SMILES string of the molecule is COc1ccc(N)c(NC(=O)N[C@@H](C)c2ccccc2)c1. The topological polar surface area (TPSA) is 76.4 Å². The van der Waals surface area contributed by atoms with E-state index in [4.69, 9.17) is 10.5 Å². The average Bonchev–Trinajstić information content (AvgIpc) is 2.50. The molecule has 2 aromatic carbocycles. The Kier molecular flexibility index (Phi) is 4.66. The highest BCUT2D eigenvalue weighted by molar-refractivity contribution is 5.93. The summed E-state index contributed by atoms with van der Waals surface area (Å²) in [6, 6.07) is 14.4. The Bertz CT molecular complexity index is 614. The second kappa shape index (κ2) is 6.65. The first-order valence-electron chi connectivity index (χ1n) is 6.66. The number of nitrogens with two attached hydrogens (primary N) is 1. The van der Waals surface area contributed by atoms with Crippen LogP contribution in [0.5, 0.6) is 5.75 Å². The highest BCUT2D eigenvalue weighted by atomic mass is 16.5. The van der Waals surface area contributed by atoms with Crippen LogP contribution in [0.4, 0.5) is 16.2 Å². The van der Waals surface area contributed by atoms with Crippen LogP contribution in [0.2, 0.25) is 0 Å². The van der Waals surface area contributed by atoms with E-state index in [1.54, 1.807) is 25.3 Å². The molecule has 2 rings (SSSR count). The van der Waals surface area contributed by atoms with E-state index in [1.807, 2.05) is 37.3 Å². The van der Waals surface area contributed by atoms with Crippen molar-refractivity contribution in [1.29, 1.82) is 0 Å². The number of benzene rings is 2. The molecule has 1 atom stereocenters. The number of nitrogens with one attached hydrogen (secondary N) is 2. The molecule has 2 amide bonds. The van der Waals surface area contributed by atoms with Crippen LogP contribution < -0.4 is 21.1 Å². The summed E-state index contributed by atoms with van der Waals surface area (Å²) in [4.78, 5) is 12.0. The third-order valence-corrected chi connectivity index (χ3v) is 3.16. The highest BCUT2D eigenvalue weighted by Gasteiger charge is 2.10. The lowest BCUT2D eigenvalue weighted by atomic mass is 10.1. The molecule has 0 aliphatic rings. The van der Waals surface area contributed by atoms with Gasteiger partial charge in [0.15, 0.2) is 0 Å². The Labute approximate surface area is 124 Å². The van der Waals surface area contributed by atoms with Gasteiger partial charge in [0.25, 0.3) is 0 Å². The summed E-state index contributed by atoms with van der Waals surface area (Å²) in [6.07, 6.45) is 0. The van der Waals surface area contributed by atoms with Gasteiger partial charge >= 0.3 is 6.03 Å². The van der Waals surface area contributed by atoms with Gasteiger partial charge in [-0.05, 0) is 24.6 Å². The summed E-state index contributed by atoms with van der Waals surface area (Å²) in [6.45, 7) is 1.92. The van der Waals surface area contributed by atoms with E-state index in [9.17, 15) is 4.79 Å². The van der Waals surface area contributed by atoms with Crippen LogP contribution in [0.1, 0.15) is 18.5 Å². The van der Waals surface area contributed by atoms with Crippen molar-refractivity contribution < 1.29 is 9.53 Å². The van der Waals surface area contributed by atoms with Gasteiger partial charge in [0, 0.05) is 6.07 Å². The quantitative estimate of drug-likeness (QED) is 0.755. The van der Waals surface area contributed by atoms with Crippen LogP contribution in [-0.4, -0.2) is 13.1 Å². The summed E-state index contributed by atoms with van der Waals surface area (Å²) in [5.41, 5.74) is 7.87. The number of anilines is 2. The molecule has 0 fully saturated rings. The number of carbonyl (C=O) groups excluding carboxylic acids is 1. The van der Waals surface area contributed by atoms with E-state index in [2.05, 4.69) is 10.6 Å². The second-order valence-electron chi connectivity index (χ2n) is 4.68. The summed E-state index contributed by atoms with van der Waals surface area (Å²) in [5, 5.41) is 5.59. The van der Waals surface area contributed by atoms with E-state index in [0.717, 1.165) is 5.56 Å². The Balaban J connectivity index is 2.02. The van der Waals surface area contributed by atoms with Crippen LogP contribution in [0.25, 0.3) is 0 Å². The fourth-order valence-corrected chi connectivity index (χ4v) is 1.95. The summed E-state index contributed by atoms with van der Waals surface area (Å²) >= 11 is 0.